The number of amides is 1. The van der Waals surface area contributed by atoms with Crippen LogP contribution >= 0.6 is 0 Å². The van der Waals surface area contributed by atoms with Gasteiger partial charge in [-0.1, -0.05) is 88.5 Å². The fraction of sp³-hybridized carbons (Fsp3) is 0.517. The second-order valence-electron chi connectivity index (χ2n) is 8.16. The van der Waals surface area contributed by atoms with Crippen molar-refractivity contribution in [3.8, 4) is 0 Å². The molecule has 5 nitrogen and oxygen atoms in total. The Morgan fingerprint density at radius 1 is 0.765 bits per heavy atom. The number of allylic oxidation sites excluding steroid dienone is 10. The molecule has 0 spiro atoms. The van der Waals surface area contributed by atoms with E-state index >= 15 is 0 Å². The van der Waals surface area contributed by atoms with E-state index in [9.17, 15) is 9.59 Å². The first-order valence-electron chi connectivity index (χ1n) is 12.2. The third kappa shape index (κ3) is 39.8. The third-order valence-electron chi connectivity index (χ3n) is 3.76. The first-order chi connectivity index (χ1) is 16.2. The molecule has 1 amide bonds. The molecule has 0 aliphatic carbocycles. The molecule has 5 heteroatoms. The molecule has 34 heavy (non-hydrogen) atoms. The predicted octanol–water partition coefficient (Wildman–Crippen LogP) is 6.46. The van der Waals surface area contributed by atoms with E-state index in [-0.39, 0.29) is 11.9 Å². The Morgan fingerprint density at radius 2 is 1.21 bits per heavy atom. The van der Waals surface area contributed by atoms with Crippen LogP contribution in [0.3, 0.4) is 0 Å². The van der Waals surface area contributed by atoms with Gasteiger partial charge in [-0.3, -0.25) is 4.79 Å². The summed E-state index contributed by atoms with van der Waals surface area (Å²) < 4.78 is 4.44. The van der Waals surface area contributed by atoms with E-state index < -0.39 is 0 Å². The van der Waals surface area contributed by atoms with Crippen LogP contribution in [0, 0.1) is 11.8 Å². The quantitative estimate of drug-likeness (QED) is 0.139. The predicted molar refractivity (Wildman–Crippen MR) is 148 cm³/mol. The lowest BCUT2D eigenvalue weighted by molar-refractivity contribution is -0.134. The Kier molecular flexibility index (Phi) is 32.1. The van der Waals surface area contributed by atoms with E-state index in [0.717, 1.165) is 38.8 Å². The standard InChI is InChI=1S/C14H23NO.C11H16O2.C4H11N/c1-4-5-6-7-8-9-10-11-14(16)15-12-13(2)3;1-3-4-5-6-7-8-9-10-11(12)13-2;1-4(2)3-5/h4-7,10-11,13H,8-9,12H2,1-3H3,(H,15,16);3-6,9-10H,7-8H2,1-2H3;4H,3,5H2,1-2H3/b5-4+,7-6-,11-10+;4-3+,6-5-,10-9+;. The molecule has 0 atom stereocenters. The van der Waals surface area contributed by atoms with Crippen LogP contribution in [0.4, 0.5) is 0 Å². The van der Waals surface area contributed by atoms with Crippen molar-refractivity contribution in [1.29, 1.82) is 0 Å². The van der Waals surface area contributed by atoms with E-state index in [1.807, 2.05) is 62.5 Å². The molecule has 0 aromatic heterocycles. The number of rotatable bonds is 13. The smallest absolute Gasteiger partial charge is 0.330 e. The van der Waals surface area contributed by atoms with Crippen molar-refractivity contribution in [3.05, 3.63) is 72.9 Å². The zero-order valence-electron chi connectivity index (χ0n) is 22.6. The van der Waals surface area contributed by atoms with Crippen LogP contribution in [-0.2, 0) is 14.3 Å². The zero-order valence-corrected chi connectivity index (χ0v) is 22.6. The number of carbonyl (C=O) groups excluding carboxylic acids is 2. The molecule has 0 bridgehead atoms. The van der Waals surface area contributed by atoms with Crippen molar-refractivity contribution < 1.29 is 14.3 Å². The van der Waals surface area contributed by atoms with Crippen LogP contribution in [-0.4, -0.2) is 32.1 Å². The molecule has 0 aromatic rings. The Morgan fingerprint density at radius 3 is 1.59 bits per heavy atom. The summed E-state index contributed by atoms with van der Waals surface area (Å²) in [6, 6.07) is 0. The number of ether oxygens (including phenoxy) is 1. The van der Waals surface area contributed by atoms with Crippen molar-refractivity contribution >= 4 is 11.9 Å². The lowest BCUT2D eigenvalue weighted by Gasteiger charge is -2.03. The Hall–Kier alpha value is -2.66. The van der Waals surface area contributed by atoms with E-state index in [2.05, 4.69) is 49.9 Å². The summed E-state index contributed by atoms with van der Waals surface area (Å²) in [5.74, 6) is 0.875. The number of hydrogen-bond donors (Lipinski definition) is 2. The maximum absolute atomic E-state index is 11.3. The molecule has 0 heterocycles. The fourth-order valence-corrected chi connectivity index (χ4v) is 1.76. The molecule has 0 fully saturated rings. The number of unbranched alkanes of at least 4 members (excludes halogenated alkanes) is 2. The van der Waals surface area contributed by atoms with Crippen molar-refractivity contribution in [2.24, 2.45) is 17.6 Å². The average Bonchev–Trinajstić information content (AvgIpc) is 2.82. The van der Waals surface area contributed by atoms with Crippen LogP contribution in [0.5, 0.6) is 0 Å². The fourth-order valence-electron chi connectivity index (χ4n) is 1.76. The zero-order chi connectivity index (χ0) is 26.5. The van der Waals surface area contributed by atoms with Gasteiger partial charge >= 0.3 is 5.97 Å². The van der Waals surface area contributed by atoms with Gasteiger partial charge in [0, 0.05) is 12.6 Å². The van der Waals surface area contributed by atoms with Gasteiger partial charge in [0.25, 0.3) is 0 Å². The molecule has 0 aliphatic heterocycles. The van der Waals surface area contributed by atoms with Gasteiger partial charge in [0.2, 0.25) is 5.91 Å². The minimum atomic E-state index is -0.294. The van der Waals surface area contributed by atoms with E-state index in [1.165, 1.54) is 13.2 Å². The molecule has 0 saturated heterocycles. The maximum atomic E-state index is 11.3. The highest BCUT2D eigenvalue weighted by Crippen LogP contribution is 1.95. The number of nitrogens with two attached hydrogens (primary N) is 1. The van der Waals surface area contributed by atoms with Gasteiger partial charge in [0.05, 0.1) is 7.11 Å². The van der Waals surface area contributed by atoms with Gasteiger partial charge in [-0.05, 0) is 64.0 Å². The normalized spacial score (nSPS) is 11.7. The second kappa shape index (κ2) is 30.3. The highest BCUT2D eigenvalue weighted by atomic mass is 16.5. The monoisotopic (exact) mass is 474 g/mol. The molecular formula is C29H50N2O3. The molecule has 0 aromatic carbocycles. The van der Waals surface area contributed by atoms with Gasteiger partial charge < -0.3 is 15.8 Å². The third-order valence-corrected chi connectivity index (χ3v) is 3.76. The summed E-state index contributed by atoms with van der Waals surface area (Å²) >= 11 is 0. The summed E-state index contributed by atoms with van der Waals surface area (Å²) in [7, 11) is 1.37. The topological polar surface area (TPSA) is 81.4 Å². The van der Waals surface area contributed by atoms with Crippen molar-refractivity contribution in [2.45, 2.75) is 67.2 Å². The minimum Gasteiger partial charge on any atom is -0.466 e. The van der Waals surface area contributed by atoms with Crippen LogP contribution in [0.1, 0.15) is 67.2 Å². The lowest BCUT2D eigenvalue weighted by Crippen LogP contribution is -2.25. The SMILES string of the molecule is C/C=C/C=C\CC/C=C/C(=O)NCC(C)C.C/C=C/C=C\CC/C=C/C(=O)OC.CC(C)CN. The summed E-state index contributed by atoms with van der Waals surface area (Å²) in [4.78, 5) is 21.9. The molecule has 0 aliphatic rings. The summed E-state index contributed by atoms with van der Waals surface area (Å²) in [6.07, 6.45) is 26.6. The Labute approximate surface area is 209 Å². The van der Waals surface area contributed by atoms with Crippen LogP contribution < -0.4 is 11.1 Å². The average molecular weight is 475 g/mol. The van der Waals surface area contributed by atoms with Gasteiger partial charge in [-0.2, -0.15) is 0 Å². The largest absolute Gasteiger partial charge is 0.466 e. The molecule has 0 radical (unpaired) electrons. The number of hydrogen-bond acceptors (Lipinski definition) is 4. The van der Waals surface area contributed by atoms with E-state index in [1.54, 1.807) is 6.08 Å². The molecule has 3 N–H and O–H groups in total. The first kappa shape index (κ1) is 35.9. The van der Waals surface area contributed by atoms with Crippen LogP contribution in [0.2, 0.25) is 0 Å². The van der Waals surface area contributed by atoms with E-state index in [4.69, 9.17) is 5.73 Å². The second-order valence-corrected chi connectivity index (χ2v) is 8.16. The molecular weight excluding hydrogens is 424 g/mol. The number of esters is 1. The molecule has 0 unspecified atom stereocenters. The van der Waals surface area contributed by atoms with Gasteiger partial charge in [-0.15, -0.1) is 0 Å². The number of nitrogens with one attached hydrogen (secondary N) is 1. The lowest BCUT2D eigenvalue weighted by atomic mass is 10.2. The number of carbonyl (C=O) groups is 2. The summed E-state index contributed by atoms with van der Waals surface area (Å²) in [5, 5.41) is 2.84. The van der Waals surface area contributed by atoms with Crippen molar-refractivity contribution in [2.75, 3.05) is 20.2 Å². The van der Waals surface area contributed by atoms with Crippen molar-refractivity contribution in [3.63, 3.8) is 0 Å². The molecule has 194 valence electrons. The van der Waals surface area contributed by atoms with Gasteiger partial charge in [0.1, 0.15) is 0 Å². The Bertz CT molecular complexity index is 640. The summed E-state index contributed by atoms with van der Waals surface area (Å²) in [5.41, 5.74) is 5.17. The van der Waals surface area contributed by atoms with Gasteiger partial charge in [0.15, 0.2) is 0 Å². The highest BCUT2D eigenvalue weighted by molar-refractivity contribution is 5.87. The molecule has 0 rings (SSSR count). The maximum Gasteiger partial charge on any atom is 0.330 e. The number of methoxy groups -OCH3 is 1. The van der Waals surface area contributed by atoms with Gasteiger partial charge in [-0.25, -0.2) is 4.79 Å². The van der Waals surface area contributed by atoms with Crippen LogP contribution in [0.15, 0.2) is 72.9 Å². The highest BCUT2D eigenvalue weighted by Gasteiger charge is 1.96. The summed E-state index contributed by atoms with van der Waals surface area (Å²) in [6.45, 7) is 13.9. The van der Waals surface area contributed by atoms with Crippen LogP contribution in [0.25, 0.3) is 0 Å². The first-order valence-corrected chi connectivity index (χ1v) is 12.2. The Balaban J connectivity index is -0.000000478. The molecule has 0 saturated carbocycles. The van der Waals surface area contributed by atoms with E-state index in [0.29, 0.717) is 11.8 Å². The van der Waals surface area contributed by atoms with Crippen molar-refractivity contribution in [1.82, 2.24) is 5.32 Å². The minimum absolute atomic E-state index is 0.00568.